The molecule has 0 aliphatic carbocycles. The number of allylic oxidation sites excluding steroid dienone is 1. The van der Waals surface area contributed by atoms with Crippen LogP contribution in [0.3, 0.4) is 0 Å². The van der Waals surface area contributed by atoms with Crippen LogP contribution in [0.1, 0.15) is 33.3 Å². The van der Waals surface area contributed by atoms with Crippen molar-refractivity contribution in [2.75, 3.05) is 38.1 Å². The summed E-state index contributed by atoms with van der Waals surface area (Å²) in [5, 5.41) is 0.838. The molecular formula is C38H32N4O3. The van der Waals surface area contributed by atoms with E-state index >= 15 is 0 Å². The molecule has 1 fully saturated rings. The number of nitrogens with zero attached hydrogens (tertiary/aromatic N) is 4. The number of carbonyl (C=O) groups is 3. The number of para-hydroxylation sites is 1. The molecule has 1 saturated heterocycles. The monoisotopic (exact) mass is 592 g/mol. The van der Waals surface area contributed by atoms with Crippen molar-refractivity contribution in [2.24, 2.45) is 0 Å². The predicted molar refractivity (Wildman–Crippen MR) is 178 cm³/mol. The van der Waals surface area contributed by atoms with Crippen molar-refractivity contribution in [3.63, 3.8) is 0 Å². The Morgan fingerprint density at radius 3 is 2.13 bits per heavy atom. The zero-order valence-corrected chi connectivity index (χ0v) is 25.2. The Bertz CT molecular complexity index is 2010. The number of hydrogen-bond donors (Lipinski definition) is 0. The van der Waals surface area contributed by atoms with Crippen LogP contribution in [0.25, 0.3) is 39.2 Å². The van der Waals surface area contributed by atoms with Crippen molar-refractivity contribution >= 4 is 40.3 Å². The van der Waals surface area contributed by atoms with Crippen LogP contribution < -0.4 is 4.90 Å². The smallest absolute Gasteiger partial charge is 0.253 e. The van der Waals surface area contributed by atoms with Crippen LogP contribution in [-0.4, -0.2) is 65.6 Å². The molecule has 45 heavy (non-hydrogen) atoms. The van der Waals surface area contributed by atoms with Gasteiger partial charge in [0.05, 0.1) is 22.6 Å². The van der Waals surface area contributed by atoms with Gasteiger partial charge in [0.25, 0.3) is 5.91 Å². The number of rotatable bonds is 4. The molecule has 0 unspecified atom stereocenters. The molecule has 2 aliphatic rings. The molecule has 3 heterocycles. The minimum absolute atomic E-state index is 0.00454. The number of pyridine rings is 1. The number of ketones is 1. The first-order valence-electron chi connectivity index (χ1n) is 15.1. The van der Waals surface area contributed by atoms with Gasteiger partial charge in [-0.3, -0.25) is 19.3 Å². The molecule has 0 radical (unpaired) electrons. The SMILES string of the molecule is CC(=O)N1/C(=C\c2cc(-c3ccccc3-c3ccccc3)c3cc(C(=O)N4CCN(C)CC4)ccc3n2)C(=O)c2ccccc21. The summed E-state index contributed by atoms with van der Waals surface area (Å²) in [5.74, 6) is -0.464. The number of likely N-dealkylation sites (N-methyl/N-ethyl adjacent to an activating group) is 1. The second-order valence-corrected chi connectivity index (χ2v) is 11.6. The van der Waals surface area contributed by atoms with E-state index in [4.69, 9.17) is 4.98 Å². The van der Waals surface area contributed by atoms with Crippen molar-refractivity contribution < 1.29 is 14.4 Å². The van der Waals surface area contributed by atoms with Gasteiger partial charge < -0.3 is 9.80 Å². The Hall–Kier alpha value is -5.40. The second-order valence-electron chi connectivity index (χ2n) is 11.6. The molecule has 2 amide bonds. The zero-order chi connectivity index (χ0) is 31.1. The first-order valence-corrected chi connectivity index (χ1v) is 15.1. The van der Waals surface area contributed by atoms with E-state index < -0.39 is 0 Å². The van der Waals surface area contributed by atoms with Crippen LogP contribution in [-0.2, 0) is 4.79 Å². The number of aromatic nitrogens is 1. The number of benzene rings is 4. The molecule has 2 aliphatic heterocycles. The van der Waals surface area contributed by atoms with Crippen molar-refractivity contribution in [1.82, 2.24) is 14.8 Å². The average Bonchev–Trinajstić information content (AvgIpc) is 3.35. The number of carbonyl (C=O) groups excluding carboxylic acids is 3. The molecular weight excluding hydrogens is 560 g/mol. The van der Waals surface area contributed by atoms with Crippen molar-refractivity contribution in [2.45, 2.75) is 6.92 Å². The van der Waals surface area contributed by atoms with Gasteiger partial charge in [0, 0.05) is 49.6 Å². The summed E-state index contributed by atoms with van der Waals surface area (Å²) in [7, 11) is 2.07. The third kappa shape index (κ3) is 5.21. The maximum atomic E-state index is 13.6. The highest BCUT2D eigenvalue weighted by Crippen LogP contribution is 2.39. The number of fused-ring (bicyclic) bond motifs is 2. The summed E-state index contributed by atoms with van der Waals surface area (Å²) >= 11 is 0. The van der Waals surface area contributed by atoms with Gasteiger partial charge in [-0.15, -0.1) is 0 Å². The summed E-state index contributed by atoms with van der Waals surface area (Å²) in [4.78, 5) is 50.5. The van der Waals surface area contributed by atoms with E-state index in [-0.39, 0.29) is 23.3 Å². The largest absolute Gasteiger partial charge is 0.336 e. The molecule has 7 nitrogen and oxygen atoms in total. The minimum atomic E-state index is -0.248. The Morgan fingerprint density at radius 2 is 1.40 bits per heavy atom. The number of anilines is 1. The maximum Gasteiger partial charge on any atom is 0.253 e. The lowest BCUT2D eigenvalue weighted by molar-refractivity contribution is -0.116. The van der Waals surface area contributed by atoms with Gasteiger partial charge >= 0.3 is 0 Å². The average molecular weight is 593 g/mol. The van der Waals surface area contributed by atoms with E-state index in [1.54, 1.807) is 24.3 Å². The predicted octanol–water partition coefficient (Wildman–Crippen LogP) is 6.55. The lowest BCUT2D eigenvalue weighted by Crippen LogP contribution is -2.47. The van der Waals surface area contributed by atoms with E-state index in [1.807, 2.05) is 65.6 Å². The lowest BCUT2D eigenvalue weighted by atomic mass is 9.91. The molecule has 0 saturated carbocycles. The molecule has 0 N–H and O–H groups in total. The fraction of sp³-hybridized carbons (Fsp3) is 0.158. The maximum absolute atomic E-state index is 13.6. The number of amides is 2. The number of piperazine rings is 1. The molecule has 1 aromatic heterocycles. The molecule has 4 aromatic carbocycles. The number of hydrogen-bond acceptors (Lipinski definition) is 5. The van der Waals surface area contributed by atoms with Crippen molar-refractivity contribution in [3.05, 3.63) is 126 Å². The van der Waals surface area contributed by atoms with Crippen LogP contribution in [0.2, 0.25) is 0 Å². The van der Waals surface area contributed by atoms with Crippen LogP contribution >= 0.6 is 0 Å². The van der Waals surface area contributed by atoms with Crippen LogP contribution in [0.4, 0.5) is 5.69 Å². The Kier molecular flexibility index (Phi) is 7.31. The van der Waals surface area contributed by atoms with Crippen LogP contribution in [0.5, 0.6) is 0 Å². The number of Topliss-reactive ketones (excluding diaryl/α,β-unsaturated/α-hetero) is 1. The van der Waals surface area contributed by atoms with Gasteiger partial charge in [-0.05, 0) is 71.8 Å². The Morgan fingerprint density at radius 1 is 0.733 bits per heavy atom. The standard InChI is InChI=1S/C38H32N4O3/c1-25(43)42-35-15-9-8-14-31(35)37(44)36(42)24-28-23-32(30-13-7-6-12-29(30)26-10-4-3-5-11-26)33-22-27(16-17-34(33)39-28)38(45)41-20-18-40(2)19-21-41/h3-17,22-24H,18-21H2,1-2H3/b36-24-. The quantitative estimate of drug-likeness (QED) is 0.222. The van der Waals surface area contributed by atoms with Gasteiger partial charge in [-0.2, -0.15) is 0 Å². The van der Waals surface area contributed by atoms with Crippen LogP contribution in [0, 0.1) is 0 Å². The molecule has 5 aromatic rings. The summed E-state index contributed by atoms with van der Waals surface area (Å²) < 4.78 is 0. The van der Waals surface area contributed by atoms with E-state index in [0.29, 0.717) is 41.1 Å². The van der Waals surface area contributed by atoms with Crippen LogP contribution in [0.15, 0.2) is 109 Å². The van der Waals surface area contributed by atoms with Crippen molar-refractivity contribution in [1.29, 1.82) is 0 Å². The topological polar surface area (TPSA) is 73.8 Å². The van der Waals surface area contributed by atoms with E-state index in [1.165, 1.54) is 11.8 Å². The molecule has 7 rings (SSSR count). The summed E-state index contributed by atoms with van der Waals surface area (Å²) in [6, 6.07) is 33.1. The highest BCUT2D eigenvalue weighted by Gasteiger charge is 2.34. The Labute approximate surface area is 262 Å². The van der Waals surface area contributed by atoms with Gasteiger partial charge in [0.15, 0.2) is 0 Å². The molecule has 0 atom stereocenters. The third-order valence-electron chi connectivity index (χ3n) is 8.63. The fourth-order valence-electron chi connectivity index (χ4n) is 6.29. The van der Waals surface area contributed by atoms with Crippen molar-refractivity contribution in [3.8, 4) is 22.3 Å². The molecule has 0 spiro atoms. The van der Waals surface area contributed by atoms with E-state index in [2.05, 4.69) is 36.2 Å². The summed E-state index contributed by atoms with van der Waals surface area (Å²) in [5.41, 5.74) is 7.13. The van der Waals surface area contributed by atoms with Gasteiger partial charge in [0.1, 0.15) is 0 Å². The second kappa shape index (κ2) is 11.6. The van der Waals surface area contributed by atoms with Gasteiger partial charge in [0.2, 0.25) is 11.7 Å². The molecule has 0 bridgehead atoms. The summed E-state index contributed by atoms with van der Waals surface area (Å²) in [6.45, 7) is 4.51. The van der Waals surface area contributed by atoms with Gasteiger partial charge in [-0.25, -0.2) is 4.98 Å². The highest BCUT2D eigenvalue weighted by molar-refractivity contribution is 6.26. The summed E-state index contributed by atoms with van der Waals surface area (Å²) in [6.07, 6.45) is 1.70. The van der Waals surface area contributed by atoms with Gasteiger partial charge in [-0.1, -0.05) is 66.7 Å². The minimum Gasteiger partial charge on any atom is -0.336 e. The first-order chi connectivity index (χ1) is 21.9. The zero-order valence-electron chi connectivity index (χ0n) is 25.2. The Balaban J connectivity index is 1.41. The third-order valence-corrected chi connectivity index (χ3v) is 8.63. The lowest BCUT2D eigenvalue weighted by Gasteiger charge is -2.32. The van der Waals surface area contributed by atoms with E-state index in [0.717, 1.165) is 40.7 Å². The first kappa shape index (κ1) is 28.4. The normalized spacial score (nSPS) is 16.0. The van der Waals surface area contributed by atoms with E-state index in [9.17, 15) is 14.4 Å². The molecule has 222 valence electrons. The highest BCUT2D eigenvalue weighted by atomic mass is 16.2. The molecule has 7 heteroatoms. The fourth-order valence-corrected chi connectivity index (χ4v) is 6.29.